The van der Waals surface area contributed by atoms with E-state index in [1.165, 1.54) is 12.1 Å². The highest BCUT2D eigenvalue weighted by Crippen LogP contribution is 2.34. The fourth-order valence-electron chi connectivity index (χ4n) is 4.76. The van der Waals surface area contributed by atoms with Crippen LogP contribution in [0.5, 0.6) is 0 Å². The summed E-state index contributed by atoms with van der Waals surface area (Å²) in [6.07, 6.45) is 5.29. The standard InChI is InChI=1S/C27H21FN8/c28-17-4-1-15(2-5-17)19-7-8-31-27-20(19)10-23(33-27)26-21-9-16(3-6-22(21)34-35-26)24-11-30-12-25(32-24)36-13-18(29)14-36/h1-12,18H,13-14,29H2,(H,31,33)(H,34,35). The van der Waals surface area contributed by atoms with Gasteiger partial charge in [0.1, 0.15) is 23.0 Å². The Balaban J connectivity index is 1.30. The number of nitrogens with one attached hydrogen (secondary N) is 2. The Morgan fingerprint density at radius 1 is 0.944 bits per heavy atom. The van der Waals surface area contributed by atoms with Crippen LogP contribution in [-0.2, 0) is 0 Å². The minimum absolute atomic E-state index is 0.190. The Labute approximate surface area is 205 Å². The van der Waals surface area contributed by atoms with Gasteiger partial charge in [0.25, 0.3) is 0 Å². The van der Waals surface area contributed by atoms with Crippen LogP contribution in [0.2, 0.25) is 0 Å². The molecule has 176 valence electrons. The van der Waals surface area contributed by atoms with Crippen molar-refractivity contribution in [2.24, 2.45) is 5.73 Å². The van der Waals surface area contributed by atoms with Crippen LogP contribution in [-0.4, -0.2) is 49.3 Å². The maximum atomic E-state index is 13.5. The summed E-state index contributed by atoms with van der Waals surface area (Å²) in [6.45, 7) is 1.58. The lowest BCUT2D eigenvalue weighted by Gasteiger charge is -2.37. The topological polar surface area (TPSA) is 112 Å². The Hall–Kier alpha value is -4.63. The molecule has 4 N–H and O–H groups in total. The summed E-state index contributed by atoms with van der Waals surface area (Å²) < 4.78 is 13.5. The van der Waals surface area contributed by atoms with Crippen LogP contribution < -0.4 is 10.6 Å². The van der Waals surface area contributed by atoms with Crippen LogP contribution in [0.3, 0.4) is 0 Å². The molecule has 0 unspecified atom stereocenters. The number of fused-ring (bicyclic) bond motifs is 2. The van der Waals surface area contributed by atoms with Crippen LogP contribution in [0.4, 0.5) is 10.2 Å². The Morgan fingerprint density at radius 3 is 2.61 bits per heavy atom. The number of anilines is 1. The summed E-state index contributed by atoms with van der Waals surface area (Å²) in [7, 11) is 0. The molecular weight excluding hydrogens is 455 g/mol. The minimum atomic E-state index is -0.263. The zero-order valence-electron chi connectivity index (χ0n) is 19.1. The van der Waals surface area contributed by atoms with Gasteiger partial charge < -0.3 is 15.6 Å². The van der Waals surface area contributed by atoms with Crippen molar-refractivity contribution >= 4 is 27.8 Å². The molecule has 0 bridgehead atoms. The highest BCUT2D eigenvalue weighted by Gasteiger charge is 2.24. The Kier molecular flexibility index (Phi) is 4.58. The SMILES string of the molecule is NC1CN(c2cncc(-c3ccc4[nH]nc(-c5cc6c(-c7ccc(F)cc7)ccnc6[nH]5)c4c3)n2)C1. The average Bonchev–Trinajstić information content (AvgIpc) is 3.51. The lowest BCUT2D eigenvalue weighted by Crippen LogP contribution is -2.56. The van der Waals surface area contributed by atoms with Gasteiger partial charge in [0.2, 0.25) is 0 Å². The number of aromatic nitrogens is 6. The molecule has 0 amide bonds. The molecule has 0 spiro atoms. The molecule has 0 saturated carbocycles. The van der Waals surface area contributed by atoms with Crippen molar-refractivity contribution in [3.8, 4) is 33.8 Å². The number of pyridine rings is 1. The van der Waals surface area contributed by atoms with E-state index in [4.69, 9.17) is 10.7 Å². The Bertz CT molecular complexity index is 1730. The molecule has 1 saturated heterocycles. The molecule has 1 fully saturated rings. The molecule has 5 heterocycles. The molecule has 6 aromatic rings. The number of H-pyrrole nitrogens is 2. The predicted octanol–water partition coefficient (Wildman–Crippen LogP) is 4.52. The van der Waals surface area contributed by atoms with E-state index in [0.29, 0.717) is 0 Å². The predicted molar refractivity (Wildman–Crippen MR) is 138 cm³/mol. The van der Waals surface area contributed by atoms with E-state index in [1.807, 2.05) is 24.3 Å². The van der Waals surface area contributed by atoms with Crippen LogP contribution in [0.15, 0.2) is 73.2 Å². The van der Waals surface area contributed by atoms with Crippen molar-refractivity contribution in [2.45, 2.75) is 6.04 Å². The number of halogens is 1. The summed E-state index contributed by atoms with van der Waals surface area (Å²) in [5.41, 5.74) is 12.8. The van der Waals surface area contributed by atoms with E-state index < -0.39 is 0 Å². The zero-order valence-corrected chi connectivity index (χ0v) is 19.1. The van der Waals surface area contributed by atoms with E-state index in [2.05, 4.69) is 36.1 Å². The third-order valence-corrected chi connectivity index (χ3v) is 6.66. The van der Waals surface area contributed by atoms with Gasteiger partial charge in [0.05, 0.1) is 29.3 Å². The minimum Gasteiger partial charge on any atom is -0.352 e. The fraction of sp³-hybridized carbons (Fsp3) is 0.111. The molecule has 36 heavy (non-hydrogen) atoms. The molecule has 2 aromatic carbocycles. The molecule has 0 atom stereocenters. The molecule has 0 radical (unpaired) electrons. The smallest absolute Gasteiger partial charge is 0.147 e. The normalized spacial score (nSPS) is 14.0. The monoisotopic (exact) mass is 476 g/mol. The van der Waals surface area contributed by atoms with E-state index in [9.17, 15) is 4.39 Å². The first-order valence-corrected chi connectivity index (χ1v) is 11.7. The second-order valence-electron chi connectivity index (χ2n) is 9.07. The summed E-state index contributed by atoms with van der Waals surface area (Å²) in [4.78, 5) is 19.2. The van der Waals surface area contributed by atoms with E-state index in [1.54, 1.807) is 30.7 Å². The first-order valence-electron chi connectivity index (χ1n) is 11.7. The molecule has 4 aromatic heterocycles. The fourth-order valence-corrected chi connectivity index (χ4v) is 4.76. The molecular formula is C27H21FN8. The molecule has 7 rings (SSSR count). The van der Waals surface area contributed by atoms with Gasteiger partial charge in [-0.1, -0.05) is 18.2 Å². The number of hydrogen-bond acceptors (Lipinski definition) is 6. The van der Waals surface area contributed by atoms with Crippen LogP contribution in [0.1, 0.15) is 0 Å². The summed E-state index contributed by atoms with van der Waals surface area (Å²) in [5.74, 6) is 0.568. The van der Waals surface area contributed by atoms with Gasteiger partial charge in [-0.05, 0) is 47.5 Å². The number of rotatable bonds is 4. The highest BCUT2D eigenvalue weighted by atomic mass is 19.1. The molecule has 1 aliphatic rings. The highest BCUT2D eigenvalue weighted by molar-refractivity contribution is 6.00. The summed E-state index contributed by atoms with van der Waals surface area (Å²) in [6, 6.07) is 16.7. The quantitative estimate of drug-likeness (QED) is 0.345. The number of hydrogen-bond donors (Lipinski definition) is 3. The van der Waals surface area contributed by atoms with E-state index >= 15 is 0 Å². The molecule has 9 heteroatoms. The number of aromatic amines is 2. The van der Waals surface area contributed by atoms with Crippen LogP contribution in [0, 0.1) is 5.82 Å². The van der Waals surface area contributed by atoms with Gasteiger partial charge in [0.15, 0.2) is 0 Å². The maximum absolute atomic E-state index is 13.5. The molecule has 0 aliphatic carbocycles. The first-order chi connectivity index (χ1) is 17.6. The third-order valence-electron chi connectivity index (χ3n) is 6.66. The van der Waals surface area contributed by atoms with E-state index in [0.717, 1.165) is 74.6 Å². The van der Waals surface area contributed by atoms with Gasteiger partial charge in [-0.25, -0.2) is 14.4 Å². The lowest BCUT2D eigenvalue weighted by atomic mass is 10.0. The zero-order chi connectivity index (χ0) is 24.2. The first kappa shape index (κ1) is 20.7. The largest absolute Gasteiger partial charge is 0.352 e. The van der Waals surface area contributed by atoms with Gasteiger partial charge in [-0.15, -0.1) is 0 Å². The van der Waals surface area contributed by atoms with Crippen LogP contribution >= 0.6 is 0 Å². The average molecular weight is 477 g/mol. The van der Waals surface area contributed by atoms with Gasteiger partial charge in [-0.3, -0.25) is 10.1 Å². The third kappa shape index (κ3) is 3.40. The molecule has 1 aliphatic heterocycles. The van der Waals surface area contributed by atoms with Crippen molar-refractivity contribution in [1.29, 1.82) is 0 Å². The van der Waals surface area contributed by atoms with Crippen molar-refractivity contribution in [2.75, 3.05) is 18.0 Å². The second kappa shape index (κ2) is 7.96. The van der Waals surface area contributed by atoms with Crippen molar-refractivity contribution < 1.29 is 4.39 Å². The van der Waals surface area contributed by atoms with Crippen molar-refractivity contribution in [3.05, 3.63) is 79.0 Å². The maximum Gasteiger partial charge on any atom is 0.147 e. The molecule has 8 nitrogen and oxygen atoms in total. The van der Waals surface area contributed by atoms with Crippen molar-refractivity contribution in [1.82, 2.24) is 30.1 Å². The second-order valence-corrected chi connectivity index (χ2v) is 9.07. The van der Waals surface area contributed by atoms with Gasteiger partial charge in [0, 0.05) is 41.7 Å². The van der Waals surface area contributed by atoms with Gasteiger partial charge in [-0.2, -0.15) is 5.10 Å². The lowest BCUT2D eigenvalue weighted by molar-refractivity contribution is 0.514. The van der Waals surface area contributed by atoms with Crippen molar-refractivity contribution in [3.63, 3.8) is 0 Å². The number of nitrogens with two attached hydrogens (primary N) is 1. The number of benzene rings is 2. The van der Waals surface area contributed by atoms with Crippen LogP contribution in [0.25, 0.3) is 55.7 Å². The Morgan fingerprint density at radius 2 is 1.78 bits per heavy atom. The van der Waals surface area contributed by atoms with E-state index in [-0.39, 0.29) is 11.9 Å². The van der Waals surface area contributed by atoms with Gasteiger partial charge >= 0.3 is 0 Å². The number of nitrogens with zero attached hydrogens (tertiary/aromatic N) is 5. The summed E-state index contributed by atoms with van der Waals surface area (Å²) >= 11 is 0. The summed E-state index contributed by atoms with van der Waals surface area (Å²) in [5, 5.41) is 9.62.